The SMILES string of the molecule is COc1ccc(Cl)cc1-c1nn(CC(=O)N2CC[C@H](N)C2)cc1NC(=O)c1cnn2cccnc12. The maximum Gasteiger partial charge on any atom is 0.261 e. The minimum absolute atomic E-state index is 0.00323. The molecule has 1 aliphatic rings. The fraction of sp³-hybridized carbons (Fsp3) is 0.261. The van der Waals surface area contributed by atoms with Gasteiger partial charge in [0.1, 0.15) is 23.6 Å². The first-order valence-corrected chi connectivity index (χ1v) is 11.3. The number of anilines is 1. The molecule has 1 saturated heterocycles. The van der Waals surface area contributed by atoms with E-state index in [1.807, 2.05) is 0 Å². The molecule has 5 rings (SSSR count). The number of amides is 2. The van der Waals surface area contributed by atoms with Crippen LogP contribution >= 0.6 is 11.6 Å². The molecule has 12 heteroatoms. The molecule has 1 atom stereocenters. The van der Waals surface area contributed by atoms with Gasteiger partial charge in [-0.05, 0) is 30.7 Å². The van der Waals surface area contributed by atoms with Crippen molar-refractivity contribution in [3.05, 3.63) is 59.6 Å². The molecule has 180 valence electrons. The third-order valence-electron chi connectivity index (χ3n) is 5.83. The number of carbonyl (C=O) groups excluding carboxylic acids is 2. The van der Waals surface area contributed by atoms with Gasteiger partial charge in [0, 0.05) is 48.3 Å². The minimum Gasteiger partial charge on any atom is -0.496 e. The largest absolute Gasteiger partial charge is 0.496 e. The van der Waals surface area contributed by atoms with Crippen LogP contribution in [-0.4, -0.2) is 67.3 Å². The third kappa shape index (κ3) is 4.55. The molecule has 11 nitrogen and oxygen atoms in total. The van der Waals surface area contributed by atoms with E-state index in [4.69, 9.17) is 22.1 Å². The summed E-state index contributed by atoms with van der Waals surface area (Å²) in [5.41, 5.74) is 8.03. The molecule has 1 aliphatic heterocycles. The van der Waals surface area contributed by atoms with E-state index in [-0.39, 0.29) is 18.5 Å². The second-order valence-corrected chi connectivity index (χ2v) is 8.66. The Morgan fingerprint density at radius 3 is 2.97 bits per heavy atom. The van der Waals surface area contributed by atoms with Gasteiger partial charge in [-0.2, -0.15) is 10.2 Å². The van der Waals surface area contributed by atoms with Crippen molar-refractivity contribution in [2.24, 2.45) is 5.73 Å². The summed E-state index contributed by atoms with van der Waals surface area (Å²) in [6.07, 6.45) is 7.12. The third-order valence-corrected chi connectivity index (χ3v) is 6.06. The Morgan fingerprint density at radius 2 is 2.20 bits per heavy atom. The molecule has 1 aromatic carbocycles. The number of nitrogens with zero attached hydrogens (tertiary/aromatic N) is 6. The number of nitrogens with one attached hydrogen (secondary N) is 1. The van der Waals surface area contributed by atoms with E-state index in [1.165, 1.54) is 22.5 Å². The lowest BCUT2D eigenvalue weighted by Crippen LogP contribution is -2.34. The van der Waals surface area contributed by atoms with Crippen LogP contribution < -0.4 is 15.8 Å². The molecule has 4 heterocycles. The van der Waals surface area contributed by atoms with Crippen LogP contribution in [0.25, 0.3) is 16.9 Å². The number of likely N-dealkylation sites (tertiary alicyclic amines) is 1. The molecule has 3 N–H and O–H groups in total. The molecule has 0 unspecified atom stereocenters. The lowest BCUT2D eigenvalue weighted by molar-refractivity contribution is -0.131. The molecule has 0 aliphatic carbocycles. The Kier molecular flexibility index (Phi) is 6.10. The number of rotatable bonds is 6. The Labute approximate surface area is 205 Å². The van der Waals surface area contributed by atoms with Crippen molar-refractivity contribution < 1.29 is 14.3 Å². The van der Waals surface area contributed by atoms with E-state index in [2.05, 4.69) is 20.5 Å². The average Bonchev–Trinajstić information content (AvgIpc) is 3.57. The number of benzene rings is 1. The minimum atomic E-state index is -0.419. The van der Waals surface area contributed by atoms with Gasteiger partial charge < -0.3 is 20.7 Å². The Bertz CT molecular complexity index is 1420. The zero-order valence-corrected chi connectivity index (χ0v) is 19.6. The van der Waals surface area contributed by atoms with Gasteiger partial charge in [-0.25, -0.2) is 9.50 Å². The van der Waals surface area contributed by atoms with Gasteiger partial charge in [-0.15, -0.1) is 0 Å². The van der Waals surface area contributed by atoms with Crippen molar-refractivity contribution in [1.29, 1.82) is 0 Å². The van der Waals surface area contributed by atoms with Gasteiger partial charge >= 0.3 is 0 Å². The normalized spacial score (nSPS) is 15.5. The van der Waals surface area contributed by atoms with E-state index in [0.29, 0.717) is 52.0 Å². The summed E-state index contributed by atoms with van der Waals surface area (Å²) in [6, 6.07) is 6.82. The number of aromatic nitrogens is 5. The topological polar surface area (TPSA) is 133 Å². The van der Waals surface area contributed by atoms with Crippen molar-refractivity contribution in [2.75, 3.05) is 25.5 Å². The van der Waals surface area contributed by atoms with E-state index < -0.39 is 5.91 Å². The fourth-order valence-corrected chi connectivity index (χ4v) is 4.26. The van der Waals surface area contributed by atoms with Crippen molar-refractivity contribution in [1.82, 2.24) is 29.3 Å². The Hall–Kier alpha value is -3.96. The second kappa shape index (κ2) is 9.35. The highest BCUT2D eigenvalue weighted by molar-refractivity contribution is 6.31. The first kappa shape index (κ1) is 22.8. The van der Waals surface area contributed by atoms with Gasteiger partial charge in [0.25, 0.3) is 5.91 Å². The molecule has 0 spiro atoms. The summed E-state index contributed by atoms with van der Waals surface area (Å²) in [4.78, 5) is 31.9. The first-order chi connectivity index (χ1) is 16.9. The van der Waals surface area contributed by atoms with E-state index >= 15 is 0 Å². The second-order valence-electron chi connectivity index (χ2n) is 8.22. The first-order valence-electron chi connectivity index (χ1n) is 11.0. The Morgan fingerprint density at radius 1 is 1.34 bits per heavy atom. The number of hydrogen-bond acceptors (Lipinski definition) is 7. The maximum absolute atomic E-state index is 13.2. The summed E-state index contributed by atoms with van der Waals surface area (Å²) in [6.45, 7) is 1.12. The molecule has 0 bridgehead atoms. The van der Waals surface area contributed by atoms with Crippen LogP contribution in [0.3, 0.4) is 0 Å². The molecule has 4 aromatic rings. The van der Waals surface area contributed by atoms with Crippen LogP contribution in [0.4, 0.5) is 5.69 Å². The summed E-state index contributed by atoms with van der Waals surface area (Å²) >= 11 is 6.25. The van der Waals surface area contributed by atoms with E-state index in [0.717, 1.165) is 6.42 Å². The molecule has 0 saturated carbocycles. The van der Waals surface area contributed by atoms with Gasteiger partial charge in [0.2, 0.25) is 5.91 Å². The average molecular weight is 495 g/mol. The number of ether oxygens (including phenoxy) is 1. The molecule has 0 radical (unpaired) electrons. The summed E-state index contributed by atoms with van der Waals surface area (Å²) < 4.78 is 8.50. The van der Waals surface area contributed by atoms with Crippen LogP contribution in [0.5, 0.6) is 5.75 Å². The highest BCUT2D eigenvalue weighted by Crippen LogP contribution is 2.36. The Balaban J connectivity index is 1.50. The van der Waals surface area contributed by atoms with Gasteiger partial charge in [-0.1, -0.05) is 11.6 Å². The molecular weight excluding hydrogens is 472 g/mol. The molecular formula is C23H23ClN8O3. The van der Waals surface area contributed by atoms with Crippen LogP contribution in [-0.2, 0) is 11.3 Å². The lowest BCUT2D eigenvalue weighted by Gasteiger charge is -2.15. The quantitative estimate of drug-likeness (QED) is 0.419. The highest BCUT2D eigenvalue weighted by Gasteiger charge is 2.25. The number of nitrogens with two attached hydrogens (primary N) is 1. The number of methoxy groups -OCH3 is 1. The number of carbonyl (C=O) groups is 2. The van der Waals surface area contributed by atoms with E-state index in [1.54, 1.807) is 47.8 Å². The summed E-state index contributed by atoms with van der Waals surface area (Å²) in [5, 5.41) is 12.1. The van der Waals surface area contributed by atoms with Crippen LogP contribution in [0.1, 0.15) is 16.8 Å². The number of hydrogen-bond donors (Lipinski definition) is 2. The number of halogens is 1. The van der Waals surface area contributed by atoms with Crippen molar-refractivity contribution in [2.45, 2.75) is 19.0 Å². The summed E-state index contributed by atoms with van der Waals surface area (Å²) in [5.74, 6) is -0.00301. The van der Waals surface area contributed by atoms with Crippen molar-refractivity contribution in [3.63, 3.8) is 0 Å². The molecule has 3 aromatic heterocycles. The molecule has 2 amide bonds. The number of fused-ring (bicyclic) bond motifs is 1. The van der Waals surface area contributed by atoms with Gasteiger partial charge in [0.15, 0.2) is 5.65 Å². The predicted molar refractivity (Wildman–Crippen MR) is 129 cm³/mol. The maximum atomic E-state index is 13.2. The van der Waals surface area contributed by atoms with Crippen LogP contribution in [0.2, 0.25) is 5.02 Å². The summed E-state index contributed by atoms with van der Waals surface area (Å²) in [7, 11) is 1.53. The van der Waals surface area contributed by atoms with Crippen LogP contribution in [0, 0.1) is 0 Å². The highest BCUT2D eigenvalue weighted by atomic mass is 35.5. The molecule has 1 fully saturated rings. The van der Waals surface area contributed by atoms with Crippen molar-refractivity contribution >= 4 is 34.7 Å². The van der Waals surface area contributed by atoms with Gasteiger partial charge in [0.05, 0.1) is 19.0 Å². The standard InChI is InChI=1S/C23H23ClN8O3/c1-35-19-4-3-14(24)9-16(19)21-18(12-31(29-21)13-20(33)30-8-5-15(25)11-30)28-23(34)17-10-27-32-7-2-6-26-22(17)32/h2-4,6-7,9-10,12,15H,5,8,11,13,25H2,1H3,(H,28,34)/t15-/m0/s1. The predicted octanol–water partition coefficient (Wildman–Crippen LogP) is 2.07. The monoisotopic (exact) mass is 494 g/mol. The van der Waals surface area contributed by atoms with Crippen LogP contribution in [0.15, 0.2) is 49.1 Å². The smallest absolute Gasteiger partial charge is 0.261 e. The zero-order valence-electron chi connectivity index (χ0n) is 18.9. The van der Waals surface area contributed by atoms with E-state index in [9.17, 15) is 9.59 Å². The zero-order chi connectivity index (χ0) is 24.5. The van der Waals surface area contributed by atoms with Gasteiger partial charge in [-0.3, -0.25) is 14.3 Å². The lowest BCUT2D eigenvalue weighted by atomic mass is 10.1. The fourth-order valence-electron chi connectivity index (χ4n) is 4.09. The molecule has 35 heavy (non-hydrogen) atoms. The van der Waals surface area contributed by atoms with Crippen molar-refractivity contribution in [3.8, 4) is 17.0 Å².